The SMILES string of the molecule is COCCNc1ccnc(Nc2ccc(F)cc2)n1. The van der Waals surface area contributed by atoms with E-state index in [-0.39, 0.29) is 5.82 Å². The Labute approximate surface area is 110 Å². The van der Waals surface area contributed by atoms with Gasteiger partial charge in [-0.15, -0.1) is 0 Å². The van der Waals surface area contributed by atoms with Gasteiger partial charge in [-0.05, 0) is 30.3 Å². The van der Waals surface area contributed by atoms with Gasteiger partial charge in [-0.3, -0.25) is 0 Å². The summed E-state index contributed by atoms with van der Waals surface area (Å²) in [6.07, 6.45) is 1.65. The summed E-state index contributed by atoms with van der Waals surface area (Å²) >= 11 is 0. The first-order chi connectivity index (χ1) is 9.28. The van der Waals surface area contributed by atoms with Crippen LogP contribution in [0.1, 0.15) is 0 Å². The summed E-state index contributed by atoms with van der Waals surface area (Å²) in [5.74, 6) is 0.882. The predicted octanol–water partition coefficient (Wildman–Crippen LogP) is 2.42. The number of methoxy groups -OCH3 is 1. The molecule has 0 spiro atoms. The molecule has 5 nitrogen and oxygen atoms in total. The minimum atomic E-state index is -0.276. The van der Waals surface area contributed by atoms with Gasteiger partial charge in [0.1, 0.15) is 11.6 Å². The zero-order valence-corrected chi connectivity index (χ0v) is 10.6. The van der Waals surface area contributed by atoms with E-state index in [1.807, 2.05) is 0 Å². The number of ether oxygens (including phenoxy) is 1. The third-order valence-corrected chi connectivity index (χ3v) is 2.37. The third-order valence-electron chi connectivity index (χ3n) is 2.37. The molecule has 0 aliphatic heterocycles. The van der Waals surface area contributed by atoms with E-state index in [2.05, 4.69) is 20.6 Å². The smallest absolute Gasteiger partial charge is 0.229 e. The zero-order chi connectivity index (χ0) is 13.5. The molecule has 0 fully saturated rings. The van der Waals surface area contributed by atoms with E-state index < -0.39 is 0 Å². The van der Waals surface area contributed by atoms with E-state index in [4.69, 9.17) is 4.74 Å². The summed E-state index contributed by atoms with van der Waals surface area (Å²) in [5.41, 5.74) is 0.732. The second kappa shape index (κ2) is 6.65. The molecule has 0 saturated carbocycles. The van der Waals surface area contributed by atoms with Crippen LogP contribution in [-0.4, -0.2) is 30.2 Å². The summed E-state index contributed by atoms with van der Waals surface area (Å²) in [4.78, 5) is 8.38. The second-order valence-electron chi connectivity index (χ2n) is 3.82. The molecule has 1 aromatic carbocycles. The Bertz CT molecular complexity index is 518. The lowest BCUT2D eigenvalue weighted by Crippen LogP contribution is -2.09. The normalized spacial score (nSPS) is 10.2. The van der Waals surface area contributed by atoms with Gasteiger partial charge in [0.2, 0.25) is 5.95 Å². The molecule has 1 aromatic heterocycles. The molecule has 0 atom stereocenters. The molecule has 6 heteroatoms. The van der Waals surface area contributed by atoms with Gasteiger partial charge in [0.05, 0.1) is 6.61 Å². The number of hydrogen-bond donors (Lipinski definition) is 2. The summed E-state index contributed by atoms with van der Waals surface area (Å²) in [5, 5.41) is 6.11. The fourth-order valence-electron chi connectivity index (χ4n) is 1.46. The zero-order valence-electron chi connectivity index (χ0n) is 10.6. The van der Waals surface area contributed by atoms with Crippen LogP contribution in [0.3, 0.4) is 0 Å². The summed E-state index contributed by atoms with van der Waals surface area (Å²) in [7, 11) is 1.64. The van der Waals surface area contributed by atoms with Crippen LogP contribution in [0.25, 0.3) is 0 Å². The van der Waals surface area contributed by atoms with Gasteiger partial charge in [0.15, 0.2) is 0 Å². The van der Waals surface area contributed by atoms with E-state index >= 15 is 0 Å². The minimum absolute atomic E-state index is 0.276. The lowest BCUT2D eigenvalue weighted by atomic mass is 10.3. The van der Waals surface area contributed by atoms with Crippen molar-refractivity contribution in [3.05, 3.63) is 42.3 Å². The van der Waals surface area contributed by atoms with Crippen molar-refractivity contribution >= 4 is 17.5 Å². The van der Waals surface area contributed by atoms with Gasteiger partial charge in [-0.1, -0.05) is 0 Å². The molecule has 2 rings (SSSR count). The molecular weight excluding hydrogens is 247 g/mol. The topological polar surface area (TPSA) is 59.1 Å². The van der Waals surface area contributed by atoms with Crippen LogP contribution in [-0.2, 0) is 4.74 Å². The Kier molecular flexibility index (Phi) is 4.63. The van der Waals surface area contributed by atoms with Crippen LogP contribution in [0.2, 0.25) is 0 Å². The number of halogens is 1. The van der Waals surface area contributed by atoms with E-state index in [9.17, 15) is 4.39 Å². The van der Waals surface area contributed by atoms with Crippen molar-refractivity contribution in [2.75, 3.05) is 30.9 Å². The fraction of sp³-hybridized carbons (Fsp3) is 0.231. The fourth-order valence-corrected chi connectivity index (χ4v) is 1.46. The van der Waals surface area contributed by atoms with Crippen molar-refractivity contribution in [3.63, 3.8) is 0 Å². The molecule has 0 aliphatic rings. The molecular formula is C13H15FN4O. The van der Waals surface area contributed by atoms with E-state index in [1.54, 1.807) is 31.5 Å². The van der Waals surface area contributed by atoms with Gasteiger partial charge in [0.25, 0.3) is 0 Å². The Morgan fingerprint density at radius 3 is 2.74 bits per heavy atom. The van der Waals surface area contributed by atoms with Crippen molar-refractivity contribution in [1.82, 2.24) is 9.97 Å². The quantitative estimate of drug-likeness (QED) is 0.783. The first-order valence-electron chi connectivity index (χ1n) is 5.86. The summed E-state index contributed by atoms with van der Waals surface area (Å²) in [6.45, 7) is 1.27. The summed E-state index contributed by atoms with van der Waals surface area (Å²) in [6, 6.07) is 7.78. The first-order valence-corrected chi connectivity index (χ1v) is 5.86. The minimum Gasteiger partial charge on any atom is -0.383 e. The summed E-state index contributed by atoms with van der Waals surface area (Å²) < 4.78 is 17.7. The Morgan fingerprint density at radius 2 is 2.00 bits per heavy atom. The number of nitrogens with one attached hydrogen (secondary N) is 2. The van der Waals surface area contributed by atoms with Crippen molar-refractivity contribution < 1.29 is 9.13 Å². The highest BCUT2D eigenvalue weighted by molar-refractivity contribution is 5.54. The molecule has 0 bridgehead atoms. The number of aromatic nitrogens is 2. The molecule has 0 saturated heterocycles. The number of anilines is 3. The highest BCUT2D eigenvalue weighted by atomic mass is 19.1. The molecule has 19 heavy (non-hydrogen) atoms. The van der Waals surface area contributed by atoms with Crippen molar-refractivity contribution in [2.45, 2.75) is 0 Å². The first kappa shape index (κ1) is 13.2. The Morgan fingerprint density at radius 1 is 1.21 bits per heavy atom. The number of nitrogens with zero attached hydrogens (tertiary/aromatic N) is 2. The molecule has 0 amide bonds. The average molecular weight is 262 g/mol. The number of rotatable bonds is 6. The number of hydrogen-bond acceptors (Lipinski definition) is 5. The van der Waals surface area contributed by atoms with Crippen LogP contribution in [0.15, 0.2) is 36.5 Å². The van der Waals surface area contributed by atoms with Gasteiger partial charge in [0, 0.05) is 25.5 Å². The third kappa shape index (κ3) is 4.18. The Balaban J connectivity index is 2.00. The van der Waals surface area contributed by atoms with Gasteiger partial charge in [-0.25, -0.2) is 9.37 Å². The molecule has 0 aliphatic carbocycles. The largest absolute Gasteiger partial charge is 0.383 e. The van der Waals surface area contributed by atoms with Crippen LogP contribution in [0.5, 0.6) is 0 Å². The second-order valence-corrected chi connectivity index (χ2v) is 3.82. The van der Waals surface area contributed by atoms with Crippen LogP contribution >= 0.6 is 0 Å². The van der Waals surface area contributed by atoms with Crippen molar-refractivity contribution in [2.24, 2.45) is 0 Å². The van der Waals surface area contributed by atoms with Gasteiger partial charge < -0.3 is 15.4 Å². The highest BCUT2D eigenvalue weighted by Gasteiger charge is 2.00. The van der Waals surface area contributed by atoms with Crippen LogP contribution in [0.4, 0.5) is 21.8 Å². The van der Waals surface area contributed by atoms with Gasteiger partial charge in [-0.2, -0.15) is 4.98 Å². The van der Waals surface area contributed by atoms with E-state index in [0.717, 1.165) is 5.69 Å². The number of benzene rings is 1. The monoisotopic (exact) mass is 262 g/mol. The molecule has 1 heterocycles. The lowest BCUT2D eigenvalue weighted by molar-refractivity contribution is 0.210. The van der Waals surface area contributed by atoms with Crippen LogP contribution in [0, 0.1) is 5.82 Å². The molecule has 0 unspecified atom stereocenters. The van der Waals surface area contributed by atoms with Gasteiger partial charge >= 0.3 is 0 Å². The maximum Gasteiger partial charge on any atom is 0.229 e. The molecule has 2 aromatic rings. The average Bonchev–Trinajstić information content (AvgIpc) is 2.42. The molecule has 100 valence electrons. The van der Waals surface area contributed by atoms with E-state index in [0.29, 0.717) is 24.9 Å². The lowest BCUT2D eigenvalue weighted by Gasteiger charge is -2.08. The van der Waals surface area contributed by atoms with Crippen LogP contribution < -0.4 is 10.6 Å². The van der Waals surface area contributed by atoms with Crippen molar-refractivity contribution in [1.29, 1.82) is 0 Å². The van der Waals surface area contributed by atoms with Crippen molar-refractivity contribution in [3.8, 4) is 0 Å². The standard InChI is InChI=1S/C13H15FN4O/c1-19-9-8-15-12-6-7-16-13(18-12)17-11-4-2-10(14)3-5-11/h2-7H,8-9H2,1H3,(H2,15,16,17,18). The maximum absolute atomic E-state index is 12.8. The highest BCUT2D eigenvalue weighted by Crippen LogP contribution is 2.14. The van der Waals surface area contributed by atoms with E-state index in [1.165, 1.54) is 12.1 Å². The Hall–Kier alpha value is -2.21. The predicted molar refractivity (Wildman–Crippen MR) is 72.1 cm³/mol. The maximum atomic E-state index is 12.8. The molecule has 0 radical (unpaired) electrons. The molecule has 2 N–H and O–H groups in total.